The van der Waals surface area contributed by atoms with Gasteiger partial charge in [0.2, 0.25) is 0 Å². The maximum atomic E-state index is 13.1. The van der Waals surface area contributed by atoms with Gasteiger partial charge in [-0.15, -0.1) is 0 Å². The average Bonchev–Trinajstić information content (AvgIpc) is 3.37. The molecule has 12 heteroatoms. The average molecular weight is 1020 g/mol. The molecule has 6 unspecified atom stereocenters. The highest BCUT2D eigenvalue weighted by Gasteiger charge is 2.50. The van der Waals surface area contributed by atoms with Gasteiger partial charge in [0, 0.05) is 19.3 Å². The van der Waals surface area contributed by atoms with Crippen molar-refractivity contribution in [2.75, 3.05) is 13.2 Å². The van der Waals surface area contributed by atoms with Crippen LogP contribution in [0.3, 0.4) is 0 Å². The Labute approximate surface area is 441 Å². The fourth-order valence-electron chi connectivity index (χ4n) is 7.86. The van der Waals surface area contributed by atoms with Crippen LogP contribution in [0.5, 0.6) is 0 Å². The number of carboxylic acids is 1. The maximum absolute atomic E-state index is 13.1. The number of hydrogen-bond acceptors (Lipinski definition) is 11. The van der Waals surface area contributed by atoms with Gasteiger partial charge in [0.05, 0.1) is 6.61 Å². The van der Waals surface area contributed by atoms with Crippen LogP contribution in [0, 0.1) is 0 Å². The Hall–Kier alpha value is -4.36. The van der Waals surface area contributed by atoms with Gasteiger partial charge in [0.1, 0.15) is 18.8 Å². The summed E-state index contributed by atoms with van der Waals surface area (Å²) in [5, 5.41) is 31.4. The number of hydrogen-bond donors (Lipinski definition) is 3. The molecule has 1 rings (SSSR count). The number of esters is 3. The molecule has 1 fully saturated rings. The van der Waals surface area contributed by atoms with Crippen LogP contribution in [0.4, 0.5) is 0 Å². The molecule has 0 amide bonds. The quantitative estimate of drug-likeness (QED) is 0.0228. The molecular weight excluding hydrogens is 925 g/mol. The first-order valence-electron chi connectivity index (χ1n) is 28.2. The van der Waals surface area contributed by atoms with E-state index in [1.165, 1.54) is 57.8 Å². The normalized spacial score (nSPS) is 19.1. The highest BCUT2D eigenvalue weighted by Crippen LogP contribution is 2.26. The van der Waals surface area contributed by atoms with Gasteiger partial charge in [-0.25, -0.2) is 4.79 Å². The van der Waals surface area contributed by atoms with Crippen molar-refractivity contribution < 1.29 is 58.2 Å². The zero-order valence-corrected chi connectivity index (χ0v) is 45.3. The molecule has 0 saturated carbocycles. The van der Waals surface area contributed by atoms with Crippen molar-refractivity contribution in [3.05, 3.63) is 97.2 Å². The maximum Gasteiger partial charge on any atom is 0.335 e. The molecule has 73 heavy (non-hydrogen) atoms. The minimum Gasteiger partial charge on any atom is -0.479 e. The van der Waals surface area contributed by atoms with Crippen LogP contribution in [0.15, 0.2) is 97.2 Å². The smallest absolute Gasteiger partial charge is 0.335 e. The van der Waals surface area contributed by atoms with E-state index in [0.717, 1.165) is 89.9 Å². The van der Waals surface area contributed by atoms with E-state index in [2.05, 4.69) is 106 Å². The fourth-order valence-corrected chi connectivity index (χ4v) is 7.86. The van der Waals surface area contributed by atoms with Crippen molar-refractivity contribution in [2.45, 2.75) is 250 Å². The van der Waals surface area contributed by atoms with E-state index in [4.69, 9.17) is 23.7 Å². The Morgan fingerprint density at radius 2 is 0.890 bits per heavy atom. The van der Waals surface area contributed by atoms with E-state index in [9.17, 15) is 34.5 Å². The summed E-state index contributed by atoms with van der Waals surface area (Å²) in [6, 6.07) is 0. The van der Waals surface area contributed by atoms with E-state index in [1.54, 1.807) is 0 Å². The SMILES string of the molecule is CC/C=C\C/C=C\C/C=C\C/C=C\CCC(=O)OC(COC(=O)CCCCCCCCC/C=C\CCCCCCCC)COC1OC(C(=O)O)C(O)C(O)C1OC(=O)CCCCC/C=C\C/C=C\C/C=C\CC. The number of unbranched alkanes of at least 4 members (excludes halogenated alkanes) is 16. The summed E-state index contributed by atoms with van der Waals surface area (Å²) in [4.78, 5) is 50.9. The van der Waals surface area contributed by atoms with Crippen LogP contribution in [0.1, 0.15) is 213 Å². The molecule has 0 radical (unpaired) electrons. The molecule has 12 nitrogen and oxygen atoms in total. The van der Waals surface area contributed by atoms with Gasteiger partial charge in [-0.3, -0.25) is 14.4 Å². The van der Waals surface area contributed by atoms with Crippen molar-refractivity contribution >= 4 is 23.9 Å². The van der Waals surface area contributed by atoms with E-state index < -0.39 is 67.3 Å². The predicted octanol–water partition coefficient (Wildman–Crippen LogP) is 14.1. The molecule has 1 saturated heterocycles. The lowest BCUT2D eigenvalue weighted by molar-refractivity contribution is -0.301. The van der Waals surface area contributed by atoms with Crippen LogP contribution >= 0.6 is 0 Å². The van der Waals surface area contributed by atoms with E-state index in [1.807, 2.05) is 12.2 Å². The molecule has 0 aromatic heterocycles. The summed E-state index contributed by atoms with van der Waals surface area (Å²) < 4.78 is 28.2. The number of carboxylic acid groups (broad SMARTS) is 1. The Morgan fingerprint density at radius 3 is 1.40 bits per heavy atom. The first kappa shape index (κ1) is 66.7. The second kappa shape index (κ2) is 48.6. The summed E-state index contributed by atoms with van der Waals surface area (Å²) in [7, 11) is 0. The third-order valence-corrected chi connectivity index (χ3v) is 12.1. The zero-order chi connectivity index (χ0) is 53.3. The van der Waals surface area contributed by atoms with Crippen molar-refractivity contribution in [3.63, 3.8) is 0 Å². The molecule has 1 aliphatic rings. The zero-order valence-electron chi connectivity index (χ0n) is 45.3. The van der Waals surface area contributed by atoms with E-state index in [-0.39, 0.29) is 25.9 Å². The van der Waals surface area contributed by atoms with Crippen molar-refractivity contribution in [1.82, 2.24) is 0 Å². The summed E-state index contributed by atoms with van der Waals surface area (Å²) >= 11 is 0. The Morgan fingerprint density at radius 1 is 0.466 bits per heavy atom. The number of carbonyl (C=O) groups excluding carboxylic acids is 3. The minimum absolute atomic E-state index is 0.0127. The molecule has 0 bridgehead atoms. The van der Waals surface area contributed by atoms with Gasteiger partial charge in [-0.05, 0) is 103 Å². The summed E-state index contributed by atoms with van der Waals surface area (Å²) in [6.45, 7) is 5.66. The number of carbonyl (C=O) groups is 4. The van der Waals surface area contributed by atoms with Crippen LogP contribution in [0.2, 0.25) is 0 Å². The minimum atomic E-state index is -1.93. The number of allylic oxidation sites excluding steroid dienone is 16. The molecular formula is C61H98O12. The molecule has 414 valence electrons. The third kappa shape index (κ3) is 38.8. The summed E-state index contributed by atoms with van der Waals surface area (Å²) in [5.41, 5.74) is 0. The highest BCUT2D eigenvalue weighted by atomic mass is 16.7. The molecule has 3 N–H and O–H groups in total. The van der Waals surface area contributed by atoms with E-state index in [0.29, 0.717) is 25.7 Å². The largest absolute Gasteiger partial charge is 0.479 e. The first-order valence-corrected chi connectivity index (χ1v) is 28.2. The van der Waals surface area contributed by atoms with Crippen LogP contribution in [-0.2, 0) is 42.9 Å². The lowest BCUT2D eigenvalue weighted by Crippen LogP contribution is -2.61. The molecule has 0 aliphatic carbocycles. The van der Waals surface area contributed by atoms with Gasteiger partial charge < -0.3 is 39.0 Å². The number of aliphatic hydroxyl groups excluding tert-OH is 2. The molecule has 1 heterocycles. The van der Waals surface area contributed by atoms with Crippen molar-refractivity contribution in [2.24, 2.45) is 0 Å². The Bertz CT molecular complexity index is 1640. The lowest BCUT2D eigenvalue weighted by Gasteiger charge is -2.40. The van der Waals surface area contributed by atoms with Crippen molar-refractivity contribution in [1.29, 1.82) is 0 Å². The topological polar surface area (TPSA) is 175 Å². The van der Waals surface area contributed by atoms with Crippen LogP contribution < -0.4 is 0 Å². The monoisotopic (exact) mass is 1020 g/mol. The lowest BCUT2D eigenvalue weighted by atomic mass is 9.98. The summed E-state index contributed by atoms with van der Waals surface area (Å²) in [6.07, 6.45) is 51.2. The second-order valence-corrected chi connectivity index (χ2v) is 18.8. The molecule has 0 aromatic rings. The predicted molar refractivity (Wildman–Crippen MR) is 294 cm³/mol. The van der Waals surface area contributed by atoms with Crippen LogP contribution in [-0.4, -0.2) is 89.2 Å². The third-order valence-electron chi connectivity index (χ3n) is 12.1. The van der Waals surface area contributed by atoms with Gasteiger partial charge in [0.25, 0.3) is 0 Å². The van der Waals surface area contributed by atoms with Gasteiger partial charge in [0.15, 0.2) is 24.6 Å². The Balaban J connectivity index is 2.75. The second-order valence-electron chi connectivity index (χ2n) is 18.8. The van der Waals surface area contributed by atoms with Gasteiger partial charge in [-0.1, -0.05) is 189 Å². The van der Waals surface area contributed by atoms with Gasteiger partial charge >= 0.3 is 23.9 Å². The number of aliphatic hydroxyl groups is 2. The standard InChI is InChI=1S/C61H98O12/c1-4-7-10-13-16-19-22-25-26-27-28-31-32-35-38-41-44-47-53(62)69-50-52(71-54(63)48-45-42-39-36-33-29-23-20-17-14-11-8-5-2)51-70-61-59(57(66)56(65)58(73-61)60(67)68)72-55(64)49-46-43-40-37-34-30-24-21-18-15-12-9-6-3/h8-9,11-12,17-18,20-21,25-26,29-30,33-34,39,42,52,56-59,61,65-66H,4-7,10,13-16,19,22-24,27-28,31-32,35-38,40-41,43-51H2,1-3H3,(H,67,68)/b11-8-,12-9-,20-17-,21-18-,26-25-,33-29-,34-30-,42-39-. The first-order chi connectivity index (χ1) is 35.6. The Kier molecular flexibility index (Phi) is 44.4. The van der Waals surface area contributed by atoms with Crippen molar-refractivity contribution in [3.8, 4) is 0 Å². The highest BCUT2D eigenvalue weighted by molar-refractivity contribution is 5.74. The number of rotatable bonds is 46. The molecule has 6 atom stereocenters. The number of aliphatic carboxylic acids is 1. The fraction of sp³-hybridized carbons (Fsp3) is 0.672. The van der Waals surface area contributed by atoms with Crippen LogP contribution in [0.25, 0.3) is 0 Å². The summed E-state index contributed by atoms with van der Waals surface area (Å²) in [5.74, 6) is -3.29. The van der Waals surface area contributed by atoms with Gasteiger partial charge in [-0.2, -0.15) is 0 Å². The molecule has 0 aromatic carbocycles. The van der Waals surface area contributed by atoms with E-state index >= 15 is 0 Å². The molecule has 1 aliphatic heterocycles. The number of ether oxygens (including phenoxy) is 5. The molecule has 0 spiro atoms.